The largest absolute Gasteiger partial charge is 0.378 e. The summed E-state index contributed by atoms with van der Waals surface area (Å²) in [5.74, 6) is 0.273. The van der Waals surface area contributed by atoms with Gasteiger partial charge in [-0.05, 0) is 39.8 Å². The highest BCUT2D eigenvalue weighted by Crippen LogP contribution is 2.22. The quantitative estimate of drug-likeness (QED) is 0.644. The third-order valence-corrected chi connectivity index (χ3v) is 3.73. The molecule has 0 radical (unpaired) electrons. The Labute approximate surface area is 116 Å². The third-order valence-electron chi connectivity index (χ3n) is 3.73. The second kappa shape index (κ2) is 7.22. The van der Waals surface area contributed by atoms with Crippen molar-refractivity contribution in [2.45, 2.75) is 37.8 Å². The molecule has 1 atom stereocenters. The van der Waals surface area contributed by atoms with E-state index in [4.69, 9.17) is 4.74 Å². The molecule has 0 bridgehead atoms. The zero-order chi connectivity index (χ0) is 13.7. The Bertz CT molecular complexity index is 292. The van der Waals surface area contributed by atoms with Crippen LogP contribution < -0.4 is 5.32 Å². The molecule has 1 unspecified atom stereocenters. The molecule has 1 heterocycles. The number of nitrogens with zero attached hydrogens (tertiary/aromatic N) is 2. The van der Waals surface area contributed by atoms with Gasteiger partial charge in [0.05, 0.1) is 19.3 Å². The number of likely N-dealkylation sites (N-methyl/N-ethyl adjacent to an activating group) is 1. The molecule has 1 N–H and O–H groups in total. The molecule has 19 heavy (non-hydrogen) atoms. The first-order valence-corrected chi connectivity index (χ1v) is 7.44. The van der Waals surface area contributed by atoms with Crippen LogP contribution >= 0.6 is 0 Å². The van der Waals surface area contributed by atoms with Crippen LogP contribution in [0.1, 0.15) is 25.7 Å². The number of ether oxygens (including phenoxy) is 1. The van der Waals surface area contributed by atoms with Gasteiger partial charge in [0.1, 0.15) is 0 Å². The minimum absolute atomic E-state index is 0.0584. The molecule has 5 nitrogen and oxygen atoms in total. The van der Waals surface area contributed by atoms with Gasteiger partial charge in [-0.15, -0.1) is 0 Å². The normalized spacial score (nSPS) is 24.3. The second-order valence-corrected chi connectivity index (χ2v) is 5.88. The van der Waals surface area contributed by atoms with E-state index >= 15 is 0 Å². The van der Waals surface area contributed by atoms with Crippen molar-refractivity contribution in [2.75, 3.05) is 46.9 Å². The van der Waals surface area contributed by atoms with E-state index in [0.717, 1.165) is 39.1 Å². The molecule has 0 aromatic carbocycles. The summed E-state index contributed by atoms with van der Waals surface area (Å²) in [6.45, 7) is 3.93. The molecule has 0 aromatic rings. The first-order valence-electron chi connectivity index (χ1n) is 7.44. The van der Waals surface area contributed by atoms with E-state index in [1.807, 2.05) is 19.0 Å². The Morgan fingerprint density at radius 1 is 1.32 bits per heavy atom. The van der Waals surface area contributed by atoms with Gasteiger partial charge in [0, 0.05) is 25.7 Å². The summed E-state index contributed by atoms with van der Waals surface area (Å²) in [5.41, 5.74) is 0. The molecule has 2 fully saturated rings. The third kappa shape index (κ3) is 5.09. The molecule has 1 aliphatic heterocycles. The Kier molecular flexibility index (Phi) is 5.60. The van der Waals surface area contributed by atoms with Gasteiger partial charge in [-0.3, -0.25) is 4.79 Å². The second-order valence-electron chi connectivity index (χ2n) is 5.88. The fourth-order valence-corrected chi connectivity index (χ4v) is 2.38. The number of rotatable bonds is 8. The van der Waals surface area contributed by atoms with E-state index in [9.17, 15) is 4.79 Å². The SMILES string of the molecule is CN(C)CCOCCN1CCCC(NC2CC2)C1=O. The van der Waals surface area contributed by atoms with Crippen LogP contribution in [0.25, 0.3) is 0 Å². The minimum Gasteiger partial charge on any atom is -0.378 e. The van der Waals surface area contributed by atoms with E-state index in [-0.39, 0.29) is 11.9 Å². The lowest BCUT2D eigenvalue weighted by molar-refractivity contribution is -0.136. The van der Waals surface area contributed by atoms with Gasteiger partial charge in [-0.25, -0.2) is 0 Å². The van der Waals surface area contributed by atoms with Gasteiger partial charge >= 0.3 is 0 Å². The maximum atomic E-state index is 12.3. The minimum atomic E-state index is 0.0584. The summed E-state index contributed by atoms with van der Waals surface area (Å²) in [6.07, 6.45) is 4.57. The van der Waals surface area contributed by atoms with Crippen LogP contribution in [-0.4, -0.2) is 74.7 Å². The molecule has 1 saturated carbocycles. The molecule has 1 amide bonds. The van der Waals surface area contributed by atoms with Crippen molar-refractivity contribution in [1.29, 1.82) is 0 Å². The Hall–Kier alpha value is -0.650. The highest BCUT2D eigenvalue weighted by molar-refractivity contribution is 5.82. The number of piperidine rings is 1. The van der Waals surface area contributed by atoms with Gasteiger partial charge in [-0.1, -0.05) is 0 Å². The molecule has 0 spiro atoms. The smallest absolute Gasteiger partial charge is 0.239 e. The maximum Gasteiger partial charge on any atom is 0.239 e. The van der Waals surface area contributed by atoms with E-state index in [0.29, 0.717) is 12.6 Å². The summed E-state index contributed by atoms with van der Waals surface area (Å²) in [7, 11) is 4.07. The summed E-state index contributed by atoms with van der Waals surface area (Å²) >= 11 is 0. The summed E-state index contributed by atoms with van der Waals surface area (Å²) in [4.78, 5) is 16.3. The molecule has 5 heteroatoms. The van der Waals surface area contributed by atoms with E-state index in [1.165, 1.54) is 12.8 Å². The number of amides is 1. The lowest BCUT2D eigenvalue weighted by Crippen LogP contribution is -2.52. The monoisotopic (exact) mass is 269 g/mol. The van der Waals surface area contributed by atoms with Crippen molar-refractivity contribution in [3.8, 4) is 0 Å². The average molecular weight is 269 g/mol. The standard InChI is InChI=1S/C14H27N3O2/c1-16(2)8-10-19-11-9-17-7-3-4-13(14(17)18)15-12-5-6-12/h12-13,15H,3-11H2,1-2H3. The molecule has 2 aliphatic rings. The van der Waals surface area contributed by atoms with Gasteiger partial charge in [0.15, 0.2) is 0 Å². The van der Waals surface area contributed by atoms with Crippen LogP contribution in [0, 0.1) is 0 Å². The molecular weight excluding hydrogens is 242 g/mol. The van der Waals surface area contributed by atoms with Crippen molar-refractivity contribution in [3.05, 3.63) is 0 Å². The molecule has 2 rings (SSSR count). The summed E-state index contributed by atoms with van der Waals surface area (Å²) in [6, 6.07) is 0.660. The van der Waals surface area contributed by atoms with Gasteiger partial charge in [0.25, 0.3) is 0 Å². The molecule has 1 aliphatic carbocycles. The first-order chi connectivity index (χ1) is 9.16. The number of carbonyl (C=O) groups is 1. The molecule has 110 valence electrons. The molecule has 0 aromatic heterocycles. The van der Waals surface area contributed by atoms with Crippen molar-refractivity contribution in [3.63, 3.8) is 0 Å². The average Bonchev–Trinajstić information content (AvgIpc) is 3.17. The zero-order valence-corrected chi connectivity index (χ0v) is 12.2. The van der Waals surface area contributed by atoms with E-state index in [1.54, 1.807) is 0 Å². The van der Waals surface area contributed by atoms with Crippen molar-refractivity contribution < 1.29 is 9.53 Å². The van der Waals surface area contributed by atoms with Crippen LogP contribution in [0.4, 0.5) is 0 Å². The topological polar surface area (TPSA) is 44.8 Å². The zero-order valence-electron chi connectivity index (χ0n) is 12.2. The number of hydrogen-bond acceptors (Lipinski definition) is 4. The summed E-state index contributed by atoms with van der Waals surface area (Å²) < 4.78 is 5.57. The lowest BCUT2D eigenvalue weighted by atomic mass is 10.0. The van der Waals surface area contributed by atoms with E-state index in [2.05, 4.69) is 10.2 Å². The number of carbonyl (C=O) groups excluding carboxylic acids is 1. The Morgan fingerprint density at radius 2 is 2.11 bits per heavy atom. The maximum absolute atomic E-state index is 12.3. The fraction of sp³-hybridized carbons (Fsp3) is 0.929. The van der Waals surface area contributed by atoms with Crippen molar-refractivity contribution >= 4 is 5.91 Å². The Morgan fingerprint density at radius 3 is 2.79 bits per heavy atom. The van der Waals surface area contributed by atoms with Gasteiger partial charge < -0.3 is 19.9 Å². The van der Waals surface area contributed by atoms with Gasteiger partial charge in [-0.2, -0.15) is 0 Å². The van der Waals surface area contributed by atoms with Crippen molar-refractivity contribution in [1.82, 2.24) is 15.1 Å². The van der Waals surface area contributed by atoms with Crippen LogP contribution in [0.15, 0.2) is 0 Å². The fourth-order valence-electron chi connectivity index (χ4n) is 2.38. The van der Waals surface area contributed by atoms with Crippen LogP contribution in [0.5, 0.6) is 0 Å². The number of likely N-dealkylation sites (tertiary alicyclic amines) is 1. The number of hydrogen-bond donors (Lipinski definition) is 1. The summed E-state index contributed by atoms with van der Waals surface area (Å²) in [5, 5.41) is 3.45. The lowest BCUT2D eigenvalue weighted by Gasteiger charge is -2.32. The molecule has 1 saturated heterocycles. The number of nitrogens with one attached hydrogen (secondary N) is 1. The predicted molar refractivity (Wildman–Crippen MR) is 75.1 cm³/mol. The highest BCUT2D eigenvalue weighted by atomic mass is 16.5. The van der Waals surface area contributed by atoms with E-state index < -0.39 is 0 Å². The van der Waals surface area contributed by atoms with Gasteiger partial charge in [0.2, 0.25) is 5.91 Å². The first kappa shape index (κ1) is 14.8. The molecular formula is C14H27N3O2. The predicted octanol–water partition coefficient (Wildman–Crippen LogP) is 0.308. The van der Waals surface area contributed by atoms with Crippen LogP contribution in [0.2, 0.25) is 0 Å². The Balaban J connectivity index is 1.63. The van der Waals surface area contributed by atoms with Crippen LogP contribution in [0.3, 0.4) is 0 Å². The van der Waals surface area contributed by atoms with Crippen molar-refractivity contribution in [2.24, 2.45) is 0 Å². The highest BCUT2D eigenvalue weighted by Gasteiger charge is 2.32. The van der Waals surface area contributed by atoms with Crippen LogP contribution in [-0.2, 0) is 9.53 Å².